The van der Waals surface area contributed by atoms with Crippen LogP contribution >= 0.6 is 11.6 Å². The van der Waals surface area contributed by atoms with E-state index in [9.17, 15) is 9.59 Å². The monoisotopic (exact) mass is 474 g/mol. The van der Waals surface area contributed by atoms with Gasteiger partial charge in [-0.1, -0.05) is 11.6 Å². The number of carbonyl (C=O) groups excluding carboxylic acids is 2. The van der Waals surface area contributed by atoms with E-state index in [0.717, 1.165) is 36.3 Å². The Hall–Kier alpha value is -3.18. The number of nitrogens with one attached hydrogen (secondary N) is 2. The van der Waals surface area contributed by atoms with E-state index < -0.39 is 6.09 Å². The van der Waals surface area contributed by atoms with E-state index in [1.54, 1.807) is 13.3 Å². The smallest absolute Gasteiger partial charge is 0.415 e. The zero-order valence-corrected chi connectivity index (χ0v) is 18.7. The third-order valence-electron chi connectivity index (χ3n) is 5.96. The molecule has 0 bridgehead atoms. The predicted molar refractivity (Wildman–Crippen MR) is 118 cm³/mol. The van der Waals surface area contributed by atoms with Gasteiger partial charge in [0, 0.05) is 5.56 Å². The number of cyclic esters (lactones) is 1. The highest BCUT2D eigenvalue weighted by Crippen LogP contribution is 2.36. The van der Waals surface area contributed by atoms with Crippen LogP contribution in [0.3, 0.4) is 0 Å². The molecule has 0 aromatic carbocycles. The van der Waals surface area contributed by atoms with E-state index in [1.165, 1.54) is 11.1 Å². The van der Waals surface area contributed by atoms with Crippen LogP contribution in [0.4, 0.5) is 16.4 Å². The number of pyridine rings is 1. The first-order chi connectivity index (χ1) is 16.0. The fourth-order valence-corrected chi connectivity index (χ4v) is 4.60. The van der Waals surface area contributed by atoms with Gasteiger partial charge >= 0.3 is 6.09 Å². The van der Waals surface area contributed by atoms with Gasteiger partial charge in [0.2, 0.25) is 0 Å². The summed E-state index contributed by atoms with van der Waals surface area (Å²) in [5.74, 6) is 1.61. The van der Waals surface area contributed by atoms with Crippen molar-refractivity contribution in [1.82, 2.24) is 20.3 Å². The third kappa shape index (κ3) is 4.38. The molecular weight excluding hydrogens is 452 g/mol. The first-order valence-electron chi connectivity index (χ1n) is 10.7. The molecule has 0 saturated carbocycles. The van der Waals surface area contributed by atoms with Crippen LogP contribution in [0, 0.1) is 5.92 Å². The van der Waals surface area contributed by atoms with Gasteiger partial charge in [-0.3, -0.25) is 9.69 Å². The topological polar surface area (TPSA) is 128 Å². The van der Waals surface area contributed by atoms with Crippen LogP contribution in [-0.2, 0) is 22.4 Å². The average molecular weight is 475 g/mol. The molecule has 33 heavy (non-hydrogen) atoms. The molecule has 3 aliphatic rings. The summed E-state index contributed by atoms with van der Waals surface area (Å²) in [7, 11) is 1.64. The van der Waals surface area contributed by atoms with Crippen LogP contribution in [0.1, 0.15) is 17.5 Å². The third-order valence-corrected chi connectivity index (χ3v) is 6.29. The van der Waals surface area contributed by atoms with Crippen molar-refractivity contribution in [3.05, 3.63) is 28.7 Å². The van der Waals surface area contributed by atoms with Crippen LogP contribution in [0.15, 0.2) is 12.4 Å². The number of halogens is 1. The van der Waals surface area contributed by atoms with Crippen molar-refractivity contribution in [1.29, 1.82) is 0 Å². The summed E-state index contributed by atoms with van der Waals surface area (Å²) in [6.45, 7) is 1.76. The van der Waals surface area contributed by atoms with Crippen molar-refractivity contribution in [3.8, 4) is 11.6 Å². The molecule has 0 spiro atoms. The molecule has 4 heterocycles. The molecule has 2 aromatic heterocycles. The number of anilines is 2. The number of carbonyl (C=O) groups is 2. The number of hydrogen-bond acceptors (Lipinski definition) is 9. The Morgan fingerprint density at radius 3 is 2.97 bits per heavy atom. The summed E-state index contributed by atoms with van der Waals surface area (Å²) in [6, 6.07) is 0. The molecule has 2 atom stereocenters. The number of nitrogens with zero attached hydrogens (tertiary/aromatic N) is 4. The fourth-order valence-electron chi connectivity index (χ4n) is 4.36. The minimum absolute atomic E-state index is 0.105. The SMILES string of the molecule is COc1cnc(Cl)c2c1CC(CNCCC1CN(c3cnc4c(n3)NC(=O)CO4)C(=O)O1)C2. The van der Waals surface area contributed by atoms with Crippen LogP contribution < -0.4 is 25.0 Å². The van der Waals surface area contributed by atoms with E-state index >= 15 is 0 Å². The highest BCUT2D eigenvalue weighted by Gasteiger charge is 2.34. The minimum Gasteiger partial charge on any atom is -0.495 e. The van der Waals surface area contributed by atoms with Crippen LogP contribution in [0.25, 0.3) is 0 Å². The molecular formula is C21H23ClN6O5. The highest BCUT2D eigenvalue weighted by atomic mass is 35.5. The van der Waals surface area contributed by atoms with Crippen molar-refractivity contribution in [2.24, 2.45) is 5.92 Å². The van der Waals surface area contributed by atoms with Gasteiger partial charge in [-0.05, 0) is 43.8 Å². The summed E-state index contributed by atoms with van der Waals surface area (Å²) >= 11 is 6.26. The number of aromatic nitrogens is 3. The first-order valence-corrected chi connectivity index (χ1v) is 11.1. The second-order valence-electron chi connectivity index (χ2n) is 8.18. The van der Waals surface area contributed by atoms with E-state index in [-0.39, 0.29) is 30.3 Å². The van der Waals surface area contributed by atoms with Gasteiger partial charge < -0.3 is 24.8 Å². The number of fused-ring (bicyclic) bond motifs is 2. The number of rotatable bonds is 7. The molecule has 2 aromatic rings. The molecule has 5 rings (SSSR count). The molecule has 0 radical (unpaired) electrons. The lowest BCUT2D eigenvalue weighted by atomic mass is 10.1. The number of hydrogen-bond donors (Lipinski definition) is 2. The summed E-state index contributed by atoms with van der Waals surface area (Å²) < 4.78 is 16.1. The molecule has 2 aliphatic heterocycles. The van der Waals surface area contributed by atoms with Crippen molar-refractivity contribution in [2.45, 2.75) is 25.4 Å². The Balaban J connectivity index is 1.11. The summed E-state index contributed by atoms with van der Waals surface area (Å²) in [5, 5.41) is 6.59. The van der Waals surface area contributed by atoms with Gasteiger partial charge in [-0.25, -0.2) is 19.7 Å². The Kier molecular flexibility index (Phi) is 5.90. The molecule has 11 nitrogen and oxygen atoms in total. The largest absolute Gasteiger partial charge is 0.495 e. The fraction of sp³-hybridized carbons (Fsp3) is 0.476. The summed E-state index contributed by atoms with van der Waals surface area (Å²) in [5.41, 5.74) is 2.20. The second kappa shape index (κ2) is 8.99. The van der Waals surface area contributed by atoms with Crippen LogP contribution in [-0.4, -0.2) is 66.4 Å². The maximum atomic E-state index is 12.3. The quantitative estimate of drug-likeness (QED) is 0.454. The number of amides is 2. The van der Waals surface area contributed by atoms with Gasteiger partial charge in [-0.15, -0.1) is 0 Å². The maximum absolute atomic E-state index is 12.3. The van der Waals surface area contributed by atoms with Gasteiger partial charge in [0.1, 0.15) is 17.0 Å². The van der Waals surface area contributed by atoms with Gasteiger partial charge in [0.25, 0.3) is 11.8 Å². The van der Waals surface area contributed by atoms with Crippen molar-refractivity contribution in [3.63, 3.8) is 0 Å². The molecule has 174 valence electrons. The second-order valence-corrected chi connectivity index (χ2v) is 8.53. The van der Waals surface area contributed by atoms with Crippen molar-refractivity contribution >= 4 is 35.2 Å². The molecule has 12 heteroatoms. The zero-order valence-electron chi connectivity index (χ0n) is 18.0. The standard InChI is InChI=1S/C21H23ClN6O5/c1-31-15-7-24-18(22)14-5-11(4-13(14)15)6-23-3-2-12-9-28(21(30)33-12)16-8-25-20-19(26-16)27-17(29)10-32-20/h7-8,11-12,23H,2-6,9-10H2,1H3,(H,26,27,29). The molecule has 2 N–H and O–H groups in total. The van der Waals surface area contributed by atoms with Gasteiger partial charge in [0.15, 0.2) is 18.2 Å². The first kappa shape index (κ1) is 21.7. The molecule has 1 saturated heterocycles. The predicted octanol–water partition coefficient (Wildman–Crippen LogP) is 1.58. The zero-order chi connectivity index (χ0) is 22.9. The molecule has 2 unspecified atom stereocenters. The minimum atomic E-state index is -0.488. The Labute approximate surface area is 194 Å². The molecule has 2 amide bonds. The van der Waals surface area contributed by atoms with Gasteiger partial charge in [0.05, 0.1) is 26.0 Å². The lowest BCUT2D eigenvalue weighted by molar-refractivity contribution is -0.118. The average Bonchev–Trinajstić information content (AvgIpc) is 3.40. The number of ether oxygens (including phenoxy) is 3. The van der Waals surface area contributed by atoms with E-state index in [4.69, 9.17) is 25.8 Å². The van der Waals surface area contributed by atoms with Crippen molar-refractivity contribution < 1.29 is 23.8 Å². The van der Waals surface area contributed by atoms with E-state index in [0.29, 0.717) is 36.4 Å². The number of methoxy groups -OCH3 is 1. The van der Waals surface area contributed by atoms with E-state index in [1.807, 2.05) is 0 Å². The lowest BCUT2D eigenvalue weighted by Crippen LogP contribution is -2.30. The molecule has 1 fully saturated rings. The maximum Gasteiger partial charge on any atom is 0.415 e. The highest BCUT2D eigenvalue weighted by molar-refractivity contribution is 6.30. The van der Waals surface area contributed by atoms with E-state index in [2.05, 4.69) is 25.6 Å². The van der Waals surface area contributed by atoms with Crippen molar-refractivity contribution in [2.75, 3.05) is 43.6 Å². The summed E-state index contributed by atoms with van der Waals surface area (Å²) in [6.07, 6.45) is 4.75. The van der Waals surface area contributed by atoms with Crippen LogP contribution in [0.2, 0.25) is 5.15 Å². The lowest BCUT2D eigenvalue weighted by Gasteiger charge is -2.18. The Bertz CT molecular complexity index is 1100. The Morgan fingerprint density at radius 1 is 1.27 bits per heavy atom. The normalized spacial score (nSPS) is 21.2. The van der Waals surface area contributed by atoms with Crippen LogP contribution in [0.5, 0.6) is 11.6 Å². The Morgan fingerprint density at radius 2 is 2.12 bits per heavy atom. The van der Waals surface area contributed by atoms with Gasteiger partial charge in [-0.2, -0.15) is 0 Å². The summed E-state index contributed by atoms with van der Waals surface area (Å²) in [4.78, 5) is 37.9. The molecule has 1 aliphatic carbocycles.